The van der Waals surface area contributed by atoms with Crippen LogP contribution in [-0.2, 0) is 4.79 Å². The average molecular weight is 345 g/mol. The molecule has 5 heteroatoms. The Morgan fingerprint density at radius 1 is 1.53 bits per heavy atom. The number of likely N-dealkylation sites (tertiary alicyclic amines) is 1. The standard InChI is InChI=1S/C14H15BrClNO2/c1-2-3-9-6-13(18)17(8-9)14(19)11-7-10(15)4-5-12(11)16/h4-5,7,9H,2-3,6,8H2,1H3. The minimum atomic E-state index is -0.296. The zero-order valence-corrected chi connectivity index (χ0v) is 13.0. The summed E-state index contributed by atoms with van der Waals surface area (Å²) >= 11 is 9.35. The van der Waals surface area contributed by atoms with Crippen LogP contribution in [0.25, 0.3) is 0 Å². The van der Waals surface area contributed by atoms with Crippen molar-refractivity contribution < 1.29 is 9.59 Å². The molecule has 1 aliphatic rings. The van der Waals surface area contributed by atoms with E-state index in [1.54, 1.807) is 18.2 Å². The highest BCUT2D eigenvalue weighted by molar-refractivity contribution is 9.10. The molecule has 102 valence electrons. The second-order valence-corrected chi connectivity index (χ2v) is 6.12. The molecular weight excluding hydrogens is 330 g/mol. The van der Waals surface area contributed by atoms with Crippen molar-refractivity contribution in [1.82, 2.24) is 4.90 Å². The summed E-state index contributed by atoms with van der Waals surface area (Å²) < 4.78 is 0.775. The Hall–Kier alpha value is -0.870. The predicted molar refractivity (Wildman–Crippen MR) is 78.2 cm³/mol. The molecule has 1 saturated heterocycles. The topological polar surface area (TPSA) is 37.4 Å². The Morgan fingerprint density at radius 2 is 2.26 bits per heavy atom. The van der Waals surface area contributed by atoms with Crippen LogP contribution in [0.15, 0.2) is 22.7 Å². The van der Waals surface area contributed by atoms with Gasteiger partial charge < -0.3 is 0 Å². The number of amides is 2. The van der Waals surface area contributed by atoms with Crippen LogP contribution < -0.4 is 0 Å². The third-order valence-electron chi connectivity index (χ3n) is 3.31. The van der Waals surface area contributed by atoms with Gasteiger partial charge in [-0.3, -0.25) is 14.5 Å². The molecule has 2 amide bonds. The Morgan fingerprint density at radius 3 is 2.95 bits per heavy atom. The number of halogens is 2. The monoisotopic (exact) mass is 343 g/mol. The summed E-state index contributed by atoms with van der Waals surface area (Å²) in [6, 6.07) is 5.08. The quantitative estimate of drug-likeness (QED) is 0.780. The van der Waals surface area contributed by atoms with E-state index in [2.05, 4.69) is 22.9 Å². The molecule has 19 heavy (non-hydrogen) atoms. The molecule has 0 spiro atoms. The van der Waals surface area contributed by atoms with E-state index >= 15 is 0 Å². The van der Waals surface area contributed by atoms with Crippen LogP contribution in [0, 0.1) is 5.92 Å². The molecule has 0 saturated carbocycles. The van der Waals surface area contributed by atoms with Gasteiger partial charge in [0.25, 0.3) is 5.91 Å². The van der Waals surface area contributed by atoms with Gasteiger partial charge in [0.2, 0.25) is 5.91 Å². The average Bonchev–Trinajstić information content (AvgIpc) is 2.73. The number of benzene rings is 1. The second kappa shape index (κ2) is 6.06. The van der Waals surface area contributed by atoms with Crippen LogP contribution in [0.2, 0.25) is 5.02 Å². The van der Waals surface area contributed by atoms with Crippen molar-refractivity contribution in [2.24, 2.45) is 5.92 Å². The fraction of sp³-hybridized carbons (Fsp3) is 0.429. The van der Waals surface area contributed by atoms with Gasteiger partial charge in [0.1, 0.15) is 0 Å². The molecule has 1 heterocycles. The SMILES string of the molecule is CCCC1CC(=O)N(C(=O)c2cc(Br)ccc2Cl)C1. The number of rotatable bonds is 3. The first kappa shape index (κ1) is 14.5. The third kappa shape index (κ3) is 3.18. The number of hydrogen-bond acceptors (Lipinski definition) is 2. The van der Waals surface area contributed by atoms with Crippen LogP contribution in [0.5, 0.6) is 0 Å². The van der Waals surface area contributed by atoms with Crippen LogP contribution in [-0.4, -0.2) is 23.3 Å². The lowest BCUT2D eigenvalue weighted by molar-refractivity contribution is -0.125. The first-order chi connectivity index (χ1) is 9.02. The molecule has 2 rings (SSSR count). The summed E-state index contributed by atoms with van der Waals surface area (Å²) in [5.74, 6) is -0.109. The highest BCUT2D eigenvalue weighted by Crippen LogP contribution is 2.27. The first-order valence-corrected chi connectivity index (χ1v) is 7.49. The first-order valence-electron chi connectivity index (χ1n) is 6.32. The Kier molecular flexibility index (Phi) is 4.63. The summed E-state index contributed by atoms with van der Waals surface area (Å²) in [6.45, 7) is 2.59. The molecule has 1 atom stereocenters. The third-order valence-corrected chi connectivity index (χ3v) is 4.13. The van der Waals surface area contributed by atoms with Gasteiger partial charge in [-0.2, -0.15) is 0 Å². The van der Waals surface area contributed by atoms with Crippen LogP contribution in [0.1, 0.15) is 36.5 Å². The van der Waals surface area contributed by atoms with E-state index < -0.39 is 0 Å². The molecule has 1 fully saturated rings. The van der Waals surface area contributed by atoms with Crippen LogP contribution >= 0.6 is 27.5 Å². The lowest BCUT2D eigenvalue weighted by Crippen LogP contribution is -2.32. The Bertz CT molecular complexity index is 518. The Labute approximate surface area is 126 Å². The van der Waals surface area contributed by atoms with Crippen molar-refractivity contribution >= 4 is 39.3 Å². The number of carbonyl (C=O) groups excluding carboxylic acids is 2. The normalized spacial score (nSPS) is 19.0. The van der Waals surface area contributed by atoms with Gasteiger partial charge in [-0.05, 0) is 30.5 Å². The summed E-state index contributed by atoms with van der Waals surface area (Å²) in [5, 5.41) is 0.375. The van der Waals surface area contributed by atoms with Gasteiger partial charge in [0, 0.05) is 17.4 Å². The maximum Gasteiger partial charge on any atom is 0.262 e. The molecule has 0 N–H and O–H groups in total. The molecular formula is C14H15BrClNO2. The van der Waals surface area contributed by atoms with Crippen molar-refractivity contribution in [3.63, 3.8) is 0 Å². The summed E-state index contributed by atoms with van der Waals surface area (Å²) in [6.07, 6.45) is 2.46. The fourth-order valence-corrected chi connectivity index (χ4v) is 2.95. The number of carbonyl (C=O) groups is 2. The molecule has 1 aromatic carbocycles. The lowest BCUT2D eigenvalue weighted by Gasteiger charge is -2.15. The fourth-order valence-electron chi connectivity index (χ4n) is 2.39. The molecule has 0 bridgehead atoms. The van der Waals surface area contributed by atoms with E-state index in [1.807, 2.05) is 0 Å². The highest BCUT2D eigenvalue weighted by Gasteiger charge is 2.34. The summed E-state index contributed by atoms with van der Waals surface area (Å²) in [4.78, 5) is 25.6. The smallest absolute Gasteiger partial charge is 0.262 e. The van der Waals surface area contributed by atoms with E-state index in [0.717, 1.165) is 17.3 Å². The van der Waals surface area contributed by atoms with E-state index in [0.29, 0.717) is 23.6 Å². The van der Waals surface area contributed by atoms with E-state index in [1.165, 1.54) is 4.90 Å². The van der Waals surface area contributed by atoms with Crippen molar-refractivity contribution in [1.29, 1.82) is 0 Å². The van der Waals surface area contributed by atoms with Gasteiger partial charge in [-0.1, -0.05) is 40.9 Å². The van der Waals surface area contributed by atoms with E-state index in [9.17, 15) is 9.59 Å². The van der Waals surface area contributed by atoms with E-state index in [-0.39, 0.29) is 17.7 Å². The lowest BCUT2D eigenvalue weighted by atomic mass is 10.0. The van der Waals surface area contributed by atoms with Gasteiger partial charge in [-0.25, -0.2) is 0 Å². The van der Waals surface area contributed by atoms with Gasteiger partial charge in [-0.15, -0.1) is 0 Å². The van der Waals surface area contributed by atoms with Gasteiger partial charge in [0.15, 0.2) is 0 Å². The largest absolute Gasteiger partial charge is 0.278 e. The zero-order valence-electron chi connectivity index (χ0n) is 10.7. The second-order valence-electron chi connectivity index (χ2n) is 4.79. The number of hydrogen-bond donors (Lipinski definition) is 0. The Balaban J connectivity index is 2.20. The highest BCUT2D eigenvalue weighted by atomic mass is 79.9. The zero-order chi connectivity index (χ0) is 14.0. The summed E-state index contributed by atoms with van der Waals surface area (Å²) in [5.41, 5.74) is 0.376. The van der Waals surface area contributed by atoms with Crippen molar-refractivity contribution in [3.05, 3.63) is 33.3 Å². The molecule has 0 radical (unpaired) electrons. The minimum absolute atomic E-state index is 0.0977. The molecule has 3 nitrogen and oxygen atoms in total. The maximum atomic E-state index is 12.4. The molecule has 0 aromatic heterocycles. The predicted octanol–water partition coefficient (Wildman–Crippen LogP) is 3.89. The van der Waals surface area contributed by atoms with Crippen LogP contribution in [0.3, 0.4) is 0 Å². The molecule has 1 aromatic rings. The number of imide groups is 1. The number of nitrogens with zero attached hydrogens (tertiary/aromatic N) is 1. The molecule has 1 aliphatic heterocycles. The van der Waals surface area contributed by atoms with Crippen LogP contribution in [0.4, 0.5) is 0 Å². The maximum absolute atomic E-state index is 12.4. The summed E-state index contributed by atoms with van der Waals surface area (Å²) in [7, 11) is 0. The van der Waals surface area contributed by atoms with E-state index in [4.69, 9.17) is 11.6 Å². The van der Waals surface area contributed by atoms with Gasteiger partial charge in [0.05, 0.1) is 10.6 Å². The molecule has 1 unspecified atom stereocenters. The van der Waals surface area contributed by atoms with Gasteiger partial charge >= 0.3 is 0 Å². The molecule has 0 aliphatic carbocycles. The van der Waals surface area contributed by atoms with Crippen molar-refractivity contribution in [3.8, 4) is 0 Å². The van der Waals surface area contributed by atoms with Crippen molar-refractivity contribution in [2.45, 2.75) is 26.2 Å². The van der Waals surface area contributed by atoms with Crippen molar-refractivity contribution in [2.75, 3.05) is 6.54 Å². The minimum Gasteiger partial charge on any atom is -0.278 e.